The highest BCUT2D eigenvalue weighted by molar-refractivity contribution is 5.92. The van der Waals surface area contributed by atoms with Crippen molar-refractivity contribution in [2.45, 2.75) is 71.9 Å². The maximum Gasteiger partial charge on any atom is 0.317 e. The van der Waals surface area contributed by atoms with Crippen LogP contribution in [0.2, 0.25) is 0 Å². The van der Waals surface area contributed by atoms with E-state index in [1.807, 2.05) is 18.7 Å². The second-order valence-electron chi connectivity index (χ2n) is 8.88. The van der Waals surface area contributed by atoms with E-state index in [2.05, 4.69) is 48.1 Å². The lowest BCUT2D eigenvalue weighted by Crippen LogP contribution is -2.57. The molecule has 1 fully saturated rings. The summed E-state index contributed by atoms with van der Waals surface area (Å²) in [5.74, 6) is 0.475. The summed E-state index contributed by atoms with van der Waals surface area (Å²) in [7, 11) is 0. The predicted octanol–water partition coefficient (Wildman–Crippen LogP) is 4.33. The Hall–Kier alpha value is -2.01. The van der Waals surface area contributed by atoms with Crippen LogP contribution in [0, 0.1) is 13.8 Å². The zero-order chi connectivity index (χ0) is 20.7. The predicted molar refractivity (Wildman–Crippen MR) is 120 cm³/mol. The highest BCUT2D eigenvalue weighted by atomic mass is 16.2. The van der Waals surface area contributed by atoms with Gasteiger partial charge in [0.2, 0.25) is 0 Å². The van der Waals surface area contributed by atoms with Gasteiger partial charge in [-0.15, -0.1) is 0 Å². The van der Waals surface area contributed by atoms with E-state index < -0.39 is 0 Å². The first-order valence-electron chi connectivity index (χ1n) is 11.4. The summed E-state index contributed by atoms with van der Waals surface area (Å²) in [4.78, 5) is 20.9. The van der Waals surface area contributed by atoms with E-state index in [4.69, 9.17) is 0 Å². The van der Waals surface area contributed by atoms with Crippen LogP contribution in [0.4, 0.5) is 4.79 Å². The molecule has 2 aromatic rings. The SMILES string of the molecule is CCCN1C[C@@H](NC(=O)N(CC)CC)C[C@@H]2c3ccc(C)c4[nH]c(C)c(c34)C[C@H]21. The molecular formula is C24H36N4O. The molecular weight excluding hydrogens is 360 g/mol. The van der Waals surface area contributed by atoms with Gasteiger partial charge in [-0.25, -0.2) is 4.79 Å². The third-order valence-electron chi connectivity index (χ3n) is 7.14. The first kappa shape index (κ1) is 20.3. The fourth-order valence-corrected chi connectivity index (χ4v) is 5.68. The Kier molecular flexibility index (Phi) is 5.60. The summed E-state index contributed by atoms with van der Waals surface area (Å²) in [6.07, 6.45) is 3.28. The number of carbonyl (C=O) groups is 1. The minimum atomic E-state index is 0.0814. The lowest BCUT2D eigenvalue weighted by molar-refractivity contribution is 0.0979. The Morgan fingerprint density at radius 1 is 1.24 bits per heavy atom. The number of hydrogen-bond acceptors (Lipinski definition) is 2. The quantitative estimate of drug-likeness (QED) is 0.790. The average molecular weight is 397 g/mol. The molecule has 0 radical (unpaired) electrons. The molecule has 2 heterocycles. The van der Waals surface area contributed by atoms with E-state index >= 15 is 0 Å². The Morgan fingerprint density at radius 2 is 2.00 bits per heavy atom. The number of nitrogens with one attached hydrogen (secondary N) is 2. The van der Waals surface area contributed by atoms with Crippen molar-refractivity contribution >= 4 is 16.9 Å². The summed E-state index contributed by atoms with van der Waals surface area (Å²) in [6, 6.07) is 5.43. The Morgan fingerprint density at radius 3 is 2.69 bits per heavy atom. The number of aromatic nitrogens is 1. The molecule has 0 spiro atoms. The summed E-state index contributed by atoms with van der Waals surface area (Å²) in [5.41, 5.74) is 6.94. The topological polar surface area (TPSA) is 51.4 Å². The van der Waals surface area contributed by atoms with Crippen molar-refractivity contribution < 1.29 is 4.79 Å². The monoisotopic (exact) mass is 396 g/mol. The fourth-order valence-electron chi connectivity index (χ4n) is 5.68. The van der Waals surface area contributed by atoms with Gasteiger partial charge in [-0.05, 0) is 70.2 Å². The number of H-pyrrole nitrogens is 1. The molecule has 158 valence electrons. The number of aryl methyl sites for hydroxylation is 2. The number of aromatic amines is 1. The second-order valence-corrected chi connectivity index (χ2v) is 8.88. The van der Waals surface area contributed by atoms with E-state index in [1.165, 1.54) is 33.3 Å². The molecule has 1 aliphatic carbocycles. The molecule has 0 unspecified atom stereocenters. The largest absolute Gasteiger partial charge is 0.358 e. The molecule has 2 aliphatic rings. The lowest BCUT2D eigenvalue weighted by Gasteiger charge is -2.47. The minimum Gasteiger partial charge on any atom is -0.358 e. The number of hydrogen-bond donors (Lipinski definition) is 2. The number of fused-ring (bicyclic) bond motifs is 2. The number of rotatable bonds is 5. The summed E-state index contributed by atoms with van der Waals surface area (Å²) < 4.78 is 0. The van der Waals surface area contributed by atoms with Gasteiger partial charge in [0.25, 0.3) is 0 Å². The molecule has 5 heteroatoms. The van der Waals surface area contributed by atoms with E-state index in [0.717, 1.165) is 45.4 Å². The molecule has 1 aromatic heterocycles. The summed E-state index contributed by atoms with van der Waals surface area (Å²) in [5, 5.41) is 4.81. The average Bonchev–Trinajstić information content (AvgIpc) is 3.03. The van der Waals surface area contributed by atoms with Crippen LogP contribution in [0.15, 0.2) is 12.1 Å². The van der Waals surface area contributed by atoms with Gasteiger partial charge in [0.1, 0.15) is 0 Å². The van der Waals surface area contributed by atoms with Gasteiger partial charge >= 0.3 is 6.03 Å². The number of benzene rings is 1. The number of amides is 2. The molecule has 1 aliphatic heterocycles. The summed E-state index contributed by atoms with van der Waals surface area (Å²) >= 11 is 0. The first-order chi connectivity index (χ1) is 14.0. The number of nitrogens with zero attached hydrogens (tertiary/aromatic N) is 2. The zero-order valence-electron chi connectivity index (χ0n) is 18.6. The Bertz CT molecular complexity index is 898. The molecule has 2 N–H and O–H groups in total. The van der Waals surface area contributed by atoms with Crippen molar-refractivity contribution in [1.82, 2.24) is 20.1 Å². The van der Waals surface area contributed by atoms with Gasteiger partial charge in [-0.1, -0.05) is 19.1 Å². The molecule has 1 aromatic carbocycles. The van der Waals surface area contributed by atoms with Crippen LogP contribution in [0.1, 0.15) is 61.9 Å². The zero-order valence-corrected chi connectivity index (χ0v) is 18.6. The number of carbonyl (C=O) groups excluding carboxylic acids is 1. The molecule has 3 atom stereocenters. The van der Waals surface area contributed by atoms with Crippen LogP contribution >= 0.6 is 0 Å². The van der Waals surface area contributed by atoms with Crippen molar-refractivity contribution in [3.8, 4) is 0 Å². The molecule has 1 saturated heterocycles. The van der Waals surface area contributed by atoms with Crippen LogP contribution in [-0.4, -0.2) is 59.1 Å². The van der Waals surface area contributed by atoms with Gasteiger partial charge in [-0.2, -0.15) is 0 Å². The maximum absolute atomic E-state index is 12.7. The van der Waals surface area contributed by atoms with E-state index in [9.17, 15) is 4.79 Å². The van der Waals surface area contributed by atoms with Crippen molar-refractivity contribution in [3.05, 3.63) is 34.5 Å². The van der Waals surface area contributed by atoms with Gasteiger partial charge in [0.15, 0.2) is 0 Å². The van der Waals surface area contributed by atoms with E-state index in [-0.39, 0.29) is 12.1 Å². The molecule has 0 bridgehead atoms. The second kappa shape index (κ2) is 8.02. The van der Waals surface area contributed by atoms with E-state index in [1.54, 1.807) is 0 Å². The van der Waals surface area contributed by atoms with Gasteiger partial charge < -0.3 is 15.2 Å². The van der Waals surface area contributed by atoms with Gasteiger partial charge in [0, 0.05) is 54.2 Å². The highest BCUT2D eigenvalue weighted by Crippen LogP contribution is 2.45. The van der Waals surface area contributed by atoms with E-state index in [0.29, 0.717) is 12.0 Å². The summed E-state index contributed by atoms with van der Waals surface area (Å²) in [6.45, 7) is 14.3. The van der Waals surface area contributed by atoms with Gasteiger partial charge in [-0.3, -0.25) is 4.90 Å². The van der Waals surface area contributed by atoms with Crippen LogP contribution in [-0.2, 0) is 6.42 Å². The lowest BCUT2D eigenvalue weighted by atomic mass is 9.73. The van der Waals surface area contributed by atoms with Crippen LogP contribution in [0.5, 0.6) is 0 Å². The fraction of sp³-hybridized carbons (Fsp3) is 0.625. The highest BCUT2D eigenvalue weighted by Gasteiger charge is 2.41. The molecule has 4 rings (SSSR count). The number of likely N-dealkylation sites (tertiary alicyclic amines) is 1. The normalized spacial score (nSPS) is 23.8. The third-order valence-corrected chi connectivity index (χ3v) is 7.14. The van der Waals surface area contributed by atoms with Crippen molar-refractivity contribution in [2.24, 2.45) is 0 Å². The Labute approximate surface area is 174 Å². The van der Waals surface area contributed by atoms with Crippen molar-refractivity contribution in [3.63, 3.8) is 0 Å². The third kappa shape index (κ3) is 3.43. The molecule has 2 amide bonds. The number of piperidine rings is 1. The molecule has 0 saturated carbocycles. The van der Waals surface area contributed by atoms with Crippen molar-refractivity contribution in [2.75, 3.05) is 26.2 Å². The number of urea groups is 1. The first-order valence-corrected chi connectivity index (χ1v) is 11.4. The minimum absolute atomic E-state index is 0.0814. The Balaban J connectivity index is 1.68. The van der Waals surface area contributed by atoms with Gasteiger partial charge in [0.05, 0.1) is 0 Å². The standard InChI is InChI=1S/C24H36N4O/c1-6-11-28-14-17(26-24(29)27(7-2)8-3)12-20-18-10-9-15(4)23-22(18)19(13-21(20)28)16(5)25-23/h9-10,17,20-21,25H,6-8,11-14H2,1-5H3,(H,26,29)/t17-,20+,21+/m0/s1. The van der Waals surface area contributed by atoms with Crippen LogP contribution in [0.3, 0.4) is 0 Å². The van der Waals surface area contributed by atoms with Crippen LogP contribution in [0.25, 0.3) is 10.9 Å². The smallest absolute Gasteiger partial charge is 0.317 e. The van der Waals surface area contributed by atoms with Crippen LogP contribution < -0.4 is 5.32 Å². The maximum atomic E-state index is 12.7. The molecule has 5 nitrogen and oxygen atoms in total. The molecule has 29 heavy (non-hydrogen) atoms. The van der Waals surface area contributed by atoms with Crippen molar-refractivity contribution in [1.29, 1.82) is 0 Å².